The number of fused-ring (bicyclic) bond motifs is 1. The molecule has 144 valence electrons. The van der Waals surface area contributed by atoms with Crippen LogP contribution in [-0.4, -0.2) is 20.8 Å². The van der Waals surface area contributed by atoms with Gasteiger partial charge in [-0.1, -0.05) is 48.0 Å². The van der Waals surface area contributed by atoms with E-state index in [2.05, 4.69) is 15.3 Å². The number of benzene rings is 3. The fourth-order valence-electron chi connectivity index (χ4n) is 3.07. The average molecular weight is 407 g/mol. The first-order valence-corrected chi connectivity index (χ1v) is 9.14. The number of non-ortho nitro benzene ring substituents is 1. The topological polar surface area (TPSA) is 101 Å². The Bertz CT molecular complexity index is 1210. The first kappa shape index (κ1) is 18.6. The van der Waals surface area contributed by atoms with Crippen LogP contribution in [0.15, 0.2) is 72.8 Å². The number of carbonyl (C=O) groups is 1. The molecule has 29 heavy (non-hydrogen) atoms. The Hall–Kier alpha value is -3.71. The Morgan fingerprint density at radius 3 is 2.59 bits per heavy atom. The standard InChI is InChI=1S/C21H15ClN4O3/c22-15-8-4-7-14(11-15)21(27)25-19(13-5-2-1-3-6-13)20-23-17-10-9-16(26(28)29)12-18(17)24-20/h1-12,19H,(H,23,24)(H,25,27). The quantitative estimate of drug-likeness (QED) is 0.372. The molecule has 4 aromatic rings. The van der Waals surface area contributed by atoms with E-state index in [0.29, 0.717) is 27.4 Å². The SMILES string of the molecule is O=C(NC(c1ccccc1)c1nc2ccc([N+](=O)[O-])cc2[nH]1)c1cccc(Cl)c1. The van der Waals surface area contributed by atoms with Crippen LogP contribution in [0.3, 0.4) is 0 Å². The predicted octanol–water partition coefficient (Wildman–Crippen LogP) is 4.64. The van der Waals surface area contributed by atoms with Crippen LogP contribution >= 0.6 is 11.6 Å². The van der Waals surface area contributed by atoms with E-state index in [0.717, 1.165) is 5.56 Å². The van der Waals surface area contributed by atoms with Crippen LogP contribution in [0, 0.1) is 10.1 Å². The number of aromatic amines is 1. The van der Waals surface area contributed by atoms with Gasteiger partial charge in [0.25, 0.3) is 11.6 Å². The molecule has 0 saturated carbocycles. The molecule has 0 saturated heterocycles. The summed E-state index contributed by atoms with van der Waals surface area (Å²) in [6.45, 7) is 0. The van der Waals surface area contributed by atoms with E-state index in [4.69, 9.17) is 11.6 Å². The molecule has 0 fully saturated rings. The first-order valence-electron chi connectivity index (χ1n) is 8.77. The number of rotatable bonds is 5. The molecule has 1 amide bonds. The normalized spacial score (nSPS) is 11.9. The summed E-state index contributed by atoms with van der Waals surface area (Å²) in [6.07, 6.45) is 0. The molecule has 0 aliphatic heterocycles. The summed E-state index contributed by atoms with van der Waals surface area (Å²) in [5.41, 5.74) is 2.30. The first-order chi connectivity index (χ1) is 14.0. The van der Waals surface area contributed by atoms with Gasteiger partial charge in [0, 0.05) is 22.7 Å². The Kier molecular flexibility index (Phi) is 4.97. The third-order valence-corrected chi connectivity index (χ3v) is 4.70. The lowest BCUT2D eigenvalue weighted by Gasteiger charge is -2.17. The number of nitrogens with zero attached hydrogens (tertiary/aromatic N) is 2. The maximum absolute atomic E-state index is 12.8. The smallest absolute Gasteiger partial charge is 0.271 e. The van der Waals surface area contributed by atoms with Gasteiger partial charge in [-0.3, -0.25) is 14.9 Å². The second kappa shape index (κ2) is 7.73. The van der Waals surface area contributed by atoms with E-state index < -0.39 is 11.0 Å². The van der Waals surface area contributed by atoms with Gasteiger partial charge >= 0.3 is 0 Å². The number of carbonyl (C=O) groups excluding carboxylic acids is 1. The highest BCUT2D eigenvalue weighted by molar-refractivity contribution is 6.30. The fraction of sp³-hybridized carbons (Fsp3) is 0.0476. The number of halogens is 1. The van der Waals surface area contributed by atoms with E-state index >= 15 is 0 Å². The number of nitro benzene ring substituents is 1. The lowest BCUT2D eigenvalue weighted by Crippen LogP contribution is -2.30. The average Bonchev–Trinajstić information content (AvgIpc) is 3.15. The van der Waals surface area contributed by atoms with Gasteiger partial charge in [0.2, 0.25) is 0 Å². The molecule has 1 atom stereocenters. The van der Waals surface area contributed by atoms with Gasteiger partial charge in [0.15, 0.2) is 0 Å². The van der Waals surface area contributed by atoms with E-state index in [-0.39, 0.29) is 11.6 Å². The molecular weight excluding hydrogens is 392 g/mol. The Morgan fingerprint density at radius 2 is 1.86 bits per heavy atom. The molecule has 0 spiro atoms. The minimum absolute atomic E-state index is 0.0353. The predicted molar refractivity (Wildman–Crippen MR) is 110 cm³/mol. The van der Waals surface area contributed by atoms with Gasteiger partial charge in [0.1, 0.15) is 11.9 Å². The summed E-state index contributed by atoms with van der Waals surface area (Å²) in [5.74, 6) is 0.162. The molecule has 1 heterocycles. The van der Waals surface area contributed by atoms with E-state index in [1.54, 1.807) is 30.3 Å². The highest BCUT2D eigenvalue weighted by Crippen LogP contribution is 2.25. The molecule has 1 unspecified atom stereocenters. The number of hydrogen-bond acceptors (Lipinski definition) is 4. The second-order valence-corrected chi connectivity index (χ2v) is 6.84. The lowest BCUT2D eigenvalue weighted by atomic mass is 10.1. The Labute approximate surface area is 170 Å². The number of imidazole rings is 1. The van der Waals surface area contributed by atoms with Crippen molar-refractivity contribution in [1.82, 2.24) is 15.3 Å². The van der Waals surface area contributed by atoms with Crippen LogP contribution in [0.2, 0.25) is 5.02 Å². The van der Waals surface area contributed by atoms with Crippen molar-refractivity contribution in [2.75, 3.05) is 0 Å². The molecule has 2 N–H and O–H groups in total. The molecule has 8 heteroatoms. The number of aromatic nitrogens is 2. The van der Waals surface area contributed by atoms with Crippen molar-refractivity contribution in [2.24, 2.45) is 0 Å². The van der Waals surface area contributed by atoms with Crippen LogP contribution in [0.1, 0.15) is 27.8 Å². The fourth-order valence-corrected chi connectivity index (χ4v) is 3.26. The molecule has 1 aromatic heterocycles. The van der Waals surface area contributed by atoms with Crippen molar-refractivity contribution < 1.29 is 9.72 Å². The molecule has 0 bridgehead atoms. The highest BCUT2D eigenvalue weighted by atomic mass is 35.5. The van der Waals surface area contributed by atoms with Crippen molar-refractivity contribution in [3.05, 3.63) is 105 Å². The molecule has 0 aliphatic rings. The summed E-state index contributed by atoms with van der Waals surface area (Å²) in [7, 11) is 0. The van der Waals surface area contributed by atoms with Crippen molar-refractivity contribution in [3.63, 3.8) is 0 Å². The van der Waals surface area contributed by atoms with Gasteiger partial charge in [-0.05, 0) is 29.8 Å². The summed E-state index contributed by atoms with van der Waals surface area (Å²) in [5, 5.41) is 14.5. The molecule has 7 nitrogen and oxygen atoms in total. The van der Waals surface area contributed by atoms with E-state index in [1.165, 1.54) is 12.1 Å². The molecule has 0 aliphatic carbocycles. The number of hydrogen-bond donors (Lipinski definition) is 2. The van der Waals surface area contributed by atoms with Crippen molar-refractivity contribution in [3.8, 4) is 0 Å². The minimum atomic E-state index is -0.575. The van der Waals surface area contributed by atoms with Crippen molar-refractivity contribution in [1.29, 1.82) is 0 Å². The van der Waals surface area contributed by atoms with Crippen LogP contribution in [0.4, 0.5) is 5.69 Å². The van der Waals surface area contributed by atoms with Crippen LogP contribution < -0.4 is 5.32 Å². The van der Waals surface area contributed by atoms with Gasteiger partial charge in [-0.15, -0.1) is 0 Å². The number of amides is 1. The summed E-state index contributed by atoms with van der Waals surface area (Å²) >= 11 is 6.00. The molecule has 4 rings (SSSR count). The van der Waals surface area contributed by atoms with Crippen LogP contribution in [-0.2, 0) is 0 Å². The third-order valence-electron chi connectivity index (χ3n) is 4.46. The Morgan fingerprint density at radius 1 is 1.07 bits per heavy atom. The summed E-state index contributed by atoms with van der Waals surface area (Å²) < 4.78 is 0. The molecule has 3 aromatic carbocycles. The second-order valence-electron chi connectivity index (χ2n) is 6.41. The third kappa shape index (κ3) is 3.95. The summed E-state index contributed by atoms with van der Waals surface area (Å²) in [4.78, 5) is 31.0. The zero-order valence-electron chi connectivity index (χ0n) is 15.0. The number of H-pyrrole nitrogens is 1. The maximum Gasteiger partial charge on any atom is 0.271 e. The van der Waals surface area contributed by atoms with Gasteiger partial charge in [0.05, 0.1) is 16.0 Å². The van der Waals surface area contributed by atoms with Crippen molar-refractivity contribution >= 4 is 34.2 Å². The van der Waals surface area contributed by atoms with Crippen LogP contribution in [0.25, 0.3) is 11.0 Å². The zero-order chi connectivity index (χ0) is 20.4. The van der Waals surface area contributed by atoms with E-state index in [1.807, 2.05) is 30.3 Å². The molecule has 0 radical (unpaired) electrons. The maximum atomic E-state index is 12.8. The van der Waals surface area contributed by atoms with Crippen LogP contribution in [0.5, 0.6) is 0 Å². The van der Waals surface area contributed by atoms with Gasteiger partial charge in [-0.25, -0.2) is 4.98 Å². The van der Waals surface area contributed by atoms with Gasteiger partial charge in [-0.2, -0.15) is 0 Å². The minimum Gasteiger partial charge on any atom is -0.340 e. The monoisotopic (exact) mass is 406 g/mol. The highest BCUT2D eigenvalue weighted by Gasteiger charge is 2.22. The van der Waals surface area contributed by atoms with Crippen molar-refractivity contribution in [2.45, 2.75) is 6.04 Å². The number of nitrogens with one attached hydrogen (secondary N) is 2. The number of nitro groups is 1. The van der Waals surface area contributed by atoms with E-state index in [9.17, 15) is 14.9 Å². The lowest BCUT2D eigenvalue weighted by molar-refractivity contribution is -0.384. The van der Waals surface area contributed by atoms with Gasteiger partial charge < -0.3 is 10.3 Å². The Balaban J connectivity index is 1.74. The summed E-state index contributed by atoms with van der Waals surface area (Å²) in [6, 6.07) is 19.8. The molecular formula is C21H15ClN4O3. The largest absolute Gasteiger partial charge is 0.340 e. The zero-order valence-corrected chi connectivity index (χ0v) is 15.8.